The summed E-state index contributed by atoms with van der Waals surface area (Å²) in [6.07, 6.45) is -2.72. The number of Topliss-reactive ketones (excluding diaryl/α,β-unsaturated/α-hetero) is 1. The second-order valence-electron chi connectivity index (χ2n) is 5.96. The lowest BCUT2D eigenvalue weighted by Crippen LogP contribution is -2.44. The standard InChI is InChI=1S/C20H22O5/c21-17-11-12-23-20(22)19(25-14-16-9-5-2-6-10-16)18(17)24-13-15-7-3-1-4-8-15/h1-10,18-20,22H,11-14H2/t18-,19+,20?/m0/s1. The van der Waals surface area contributed by atoms with Crippen molar-refractivity contribution in [3.8, 4) is 0 Å². The van der Waals surface area contributed by atoms with Gasteiger partial charge in [-0.05, 0) is 11.1 Å². The Balaban J connectivity index is 1.69. The maximum absolute atomic E-state index is 12.4. The number of carbonyl (C=O) groups excluding carboxylic acids is 1. The molecule has 2 aromatic carbocycles. The van der Waals surface area contributed by atoms with Crippen LogP contribution in [-0.2, 0) is 32.2 Å². The van der Waals surface area contributed by atoms with E-state index in [0.29, 0.717) is 0 Å². The first-order chi connectivity index (χ1) is 12.2. The van der Waals surface area contributed by atoms with E-state index in [1.165, 1.54) is 0 Å². The van der Waals surface area contributed by atoms with Gasteiger partial charge in [-0.15, -0.1) is 0 Å². The van der Waals surface area contributed by atoms with Crippen LogP contribution in [0.25, 0.3) is 0 Å². The Morgan fingerprint density at radius 3 is 2.08 bits per heavy atom. The van der Waals surface area contributed by atoms with Gasteiger partial charge in [0.1, 0.15) is 12.2 Å². The number of aliphatic hydroxyl groups excluding tert-OH is 1. The number of benzene rings is 2. The minimum atomic E-state index is -1.20. The van der Waals surface area contributed by atoms with Crippen LogP contribution >= 0.6 is 0 Å². The Bertz CT molecular complexity index is 658. The van der Waals surface area contributed by atoms with Crippen molar-refractivity contribution in [3.05, 3.63) is 71.8 Å². The Labute approximate surface area is 147 Å². The lowest BCUT2D eigenvalue weighted by molar-refractivity contribution is -0.206. The number of hydrogen-bond acceptors (Lipinski definition) is 5. The van der Waals surface area contributed by atoms with Gasteiger partial charge in [0, 0.05) is 6.42 Å². The van der Waals surface area contributed by atoms with E-state index in [0.717, 1.165) is 11.1 Å². The molecule has 5 heteroatoms. The molecule has 1 aliphatic rings. The summed E-state index contributed by atoms with van der Waals surface area (Å²) in [5, 5.41) is 10.2. The summed E-state index contributed by atoms with van der Waals surface area (Å²) in [6.45, 7) is 0.704. The molecule has 3 atom stereocenters. The van der Waals surface area contributed by atoms with Crippen molar-refractivity contribution in [1.29, 1.82) is 0 Å². The third-order valence-corrected chi connectivity index (χ3v) is 4.09. The van der Waals surface area contributed by atoms with Gasteiger partial charge in [0.15, 0.2) is 12.1 Å². The zero-order valence-corrected chi connectivity index (χ0v) is 13.9. The highest BCUT2D eigenvalue weighted by molar-refractivity contribution is 5.84. The fourth-order valence-electron chi connectivity index (χ4n) is 2.73. The molecule has 1 N–H and O–H groups in total. The summed E-state index contributed by atoms with van der Waals surface area (Å²) >= 11 is 0. The first-order valence-electron chi connectivity index (χ1n) is 8.37. The minimum Gasteiger partial charge on any atom is -0.366 e. The van der Waals surface area contributed by atoms with Crippen LogP contribution < -0.4 is 0 Å². The quantitative estimate of drug-likeness (QED) is 0.874. The molecule has 25 heavy (non-hydrogen) atoms. The lowest BCUT2D eigenvalue weighted by Gasteiger charge is -2.27. The van der Waals surface area contributed by atoms with Crippen molar-refractivity contribution < 1.29 is 24.1 Å². The van der Waals surface area contributed by atoms with Crippen molar-refractivity contribution >= 4 is 5.78 Å². The smallest absolute Gasteiger partial charge is 0.184 e. The van der Waals surface area contributed by atoms with Gasteiger partial charge in [0.05, 0.1) is 19.8 Å². The maximum atomic E-state index is 12.4. The fraction of sp³-hybridized carbons (Fsp3) is 0.350. The molecule has 5 nitrogen and oxygen atoms in total. The number of ketones is 1. The van der Waals surface area contributed by atoms with Crippen LogP contribution in [0.4, 0.5) is 0 Å². The summed E-state index contributed by atoms with van der Waals surface area (Å²) in [7, 11) is 0. The van der Waals surface area contributed by atoms with Gasteiger partial charge < -0.3 is 19.3 Å². The molecule has 2 aromatic rings. The van der Waals surface area contributed by atoms with Crippen molar-refractivity contribution in [2.75, 3.05) is 6.61 Å². The molecule has 1 heterocycles. The van der Waals surface area contributed by atoms with Crippen molar-refractivity contribution in [2.24, 2.45) is 0 Å². The van der Waals surface area contributed by atoms with E-state index in [9.17, 15) is 9.90 Å². The monoisotopic (exact) mass is 342 g/mol. The van der Waals surface area contributed by atoms with E-state index in [4.69, 9.17) is 14.2 Å². The molecule has 1 aliphatic heterocycles. The third kappa shape index (κ3) is 4.96. The molecule has 1 unspecified atom stereocenters. The zero-order valence-electron chi connectivity index (χ0n) is 13.9. The summed E-state index contributed by atoms with van der Waals surface area (Å²) in [5.41, 5.74) is 1.91. The van der Waals surface area contributed by atoms with Gasteiger partial charge in [-0.25, -0.2) is 0 Å². The predicted molar refractivity (Wildman–Crippen MR) is 91.6 cm³/mol. The average molecular weight is 342 g/mol. The molecular weight excluding hydrogens is 320 g/mol. The molecule has 0 radical (unpaired) electrons. The van der Waals surface area contributed by atoms with Crippen LogP contribution in [0.3, 0.4) is 0 Å². The van der Waals surface area contributed by atoms with Gasteiger partial charge in [0.25, 0.3) is 0 Å². The van der Waals surface area contributed by atoms with Crippen molar-refractivity contribution in [3.63, 3.8) is 0 Å². The summed E-state index contributed by atoms with van der Waals surface area (Å²) in [6, 6.07) is 19.2. The number of carbonyl (C=O) groups is 1. The van der Waals surface area contributed by atoms with Gasteiger partial charge in [-0.3, -0.25) is 4.79 Å². The molecule has 0 saturated carbocycles. The number of aliphatic hydroxyl groups is 1. The Kier molecular flexibility index (Phi) is 6.30. The van der Waals surface area contributed by atoms with Crippen LogP contribution in [-0.4, -0.2) is 36.0 Å². The van der Waals surface area contributed by atoms with E-state index in [2.05, 4.69) is 0 Å². The van der Waals surface area contributed by atoms with Gasteiger partial charge in [0.2, 0.25) is 0 Å². The van der Waals surface area contributed by atoms with Crippen molar-refractivity contribution in [2.45, 2.75) is 38.1 Å². The van der Waals surface area contributed by atoms with E-state index in [1.807, 2.05) is 60.7 Å². The maximum Gasteiger partial charge on any atom is 0.184 e. The first-order valence-corrected chi connectivity index (χ1v) is 8.37. The van der Waals surface area contributed by atoms with Gasteiger partial charge >= 0.3 is 0 Å². The van der Waals surface area contributed by atoms with Crippen LogP contribution in [0, 0.1) is 0 Å². The van der Waals surface area contributed by atoms with Crippen molar-refractivity contribution in [1.82, 2.24) is 0 Å². The summed E-state index contributed by atoms with van der Waals surface area (Å²) < 4.78 is 16.9. The average Bonchev–Trinajstić information content (AvgIpc) is 2.78. The second kappa shape index (κ2) is 8.87. The highest BCUT2D eigenvalue weighted by Crippen LogP contribution is 2.20. The Morgan fingerprint density at radius 1 is 0.920 bits per heavy atom. The van der Waals surface area contributed by atoms with Crippen LogP contribution in [0.2, 0.25) is 0 Å². The summed E-state index contributed by atoms with van der Waals surface area (Å²) in [5.74, 6) is -0.120. The predicted octanol–water partition coefficient (Wildman–Crippen LogP) is 2.46. The largest absolute Gasteiger partial charge is 0.366 e. The second-order valence-corrected chi connectivity index (χ2v) is 5.96. The SMILES string of the molecule is O=C1CCOC(O)[C@H](OCc2ccccc2)[C@H]1OCc1ccccc1. The zero-order chi connectivity index (χ0) is 17.5. The normalized spacial score (nSPS) is 24.0. The van der Waals surface area contributed by atoms with E-state index in [1.54, 1.807) is 0 Å². The highest BCUT2D eigenvalue weighted by Gasteiger charge is 2.38. The topological polar surface area (TPSA) is 65.0 Å². The number of hydrogen-bond donors (Lipinski definition) is 1. The third-order valence-electron chi connectivity index (χ3n) is 4.09. The molecule has 0 spiro atoms. The number of ether oxygens (including phenoxy) is 3. The van der Waals surface area contributed by atoms with Gasteiger partial charge in [-0.1, -0.05) is 60.7 Å². The molecule has 1 fully saturated rings. The summed E-state index contributed by atoms with van der Waals surface area (Å²) in [4.78, 5) is 12.4. The van der Waals surface area contributed by atoms with Crippen LogP contribution in [0.1, 0.15) is 17.5 Å². The molecule has 1 saturated heterocycles. The van der Waals surface area contributed by atoms with E-state index in [-0.39, 0.29) is 32.0 Å². The van der Waals surface area contributed by atoms with E-state index >= 15 is 0 Å². The highest BCUT2D eigenvalue weighted by atomic mass is 16.6. The Hall–Kier alpha value is -2.05. The molecule has 3 rings (SSSR count). The number of rotatable bonds is 6. The van der Waals surface area contributed by atoms with Gasteiger partial charge in [-0.2, -0.15) is 0 Å². The molecule has 132 valence electrons. The molecule has 0 aromatic heterocycles. The van der Waals surface area contributed by atoms with E-state index < -0.39 is 18.5 Å². The molecular formula is C20H22O5. The minimum absolute atomic E-state index is 0.120. The molecule has 0 bridgehead atoms. The first kappa shape index (κ1) is 17.8. The van der Waals surface area contributed by atoms with Crippen LogP contribution in [0.15, 0.2) is 60.7 Å². The lowest BCUT2D eigenvalue weighted by atomic mass is 10.1. The Morgan fingerprint density at radius 2 is 1.48 bits per heavy atom. The molecule has 0 aliphatic carbocycles. The van der Waals surface area contributed by atoms with Crippen LogP contribution in [0.5, 0.6) is 0 Å². The fourth-order valence-corrected chi connectivity index (χ4v) is 2.73. The molecule has 0 amide bonds.